The van der Waals surface area contributed by atoms with Crippen LogP contribution >= 0.6 is 0 Å². The van der Waals surface area contributed by atoms with E-state index in [0.29, 0.717) is 22.6 Å². The van der Waals surface area contributed by atoms with Crippen molar-refractivity contribution in [1.29, 1.82) is 10.5 Å². The molecule has 0 aliphatic rings. The van der Waals surface area contributed by atoms with Gasteiger partial charge in [0.1, 0.15) is 11.9 Å². The van der Waals surface area contributed by atoms with E-state index >= 15 is 0 Å². The van der Waals surface area contributed by atoms with Gasteiger partial charge in [-0.3, -0.25) is 0 Å². The van der Waals surface area contributed by atoms with Crippen molar-refractivity contribution in [3.63, 3.8) is 0 Å². The Bertz CT molecular complexity index is 901. The van der Waals surface area contributed by atoms with Crippen molar-refractivity contribution in [3.05, 3.63) is 65.7 Å². The molecular weight excluding hydrogens is 260 g/mol. The molecule has 0 unspecified atom stereocenters. The van der Waals surface area contributed by atoms with Crippen molar-refractivity contribution in [2.75, 3.05) is 5.32 Å². The average molecular weight is 270 g/mol. The largest absolute Gasteiger partial charge is 0.339 e. The Morgan fingerprint density at radius 3 is 2.38 bits per heavy atom. The molecule has 0 amide bonds. The van der Waals surface area contributed by atoms with Crippen LogP contribution in [-0.2, 0) is 0 Å². The zero-order chi connectivity index (χ0) is 14.7. The van der Waals surface area contributed by atoms with Gasteiger partial charge in [0.15, 0.2) is 0 Å². The van der Waals surface area contributed by atoms with Crippen LogP contribution in [0.25, 0.3) is 10.9 Å². The summed E-state index contributed by atoms with van der Waals surface area (Å²) in [5.41, 5.74) is 2.50. The summed E-state index contributed by atoms with van der Waals surface area (Å²) in [7, 11) is 0. The van der Waals surface area contributed by atoms with Gasteiger partial charge in [-0.2, -0.15) is 10.5 Å². The monoisotopic (exact) mass is 270 g/mol. The molecule has 1 aromatic heterocycles. The number of nitrogens with one attached hydrogen (secondary N) is 1. The van der Waals surface area contributed by atoms with Crippen LogP contribution in [0.3, 0.4) is 0 Å². The summed E-state index contributed by atoms with van der Waals surface area (Å²) < 4.78 is 0. The summed E-state index contributed by atoms with van der Waals surface area (Å²) in [5.74, 6) is 0.549. The predicted molar refractivity (Wildman–Crippen MR) is 80.9 cm³/mol. The second-order valence-electron chi connectivity index (χ2n) is 4.47. The molecule has 0 aliphatic heterocycles. The Labute approximate surface area is 121 Å². The number of aromatic nitrogens is 1. The molecule has 98 valence electrons. The maximum absolute atomic E-state index is 9.27. The van der Waals surface area contributed by atoms with E-state index in [0.717, 1.165) is 10.9 Å². The lowest BCUT2D eigenvalue weighted by atomic mass is 10.1. The second kappa shape index (κ2) is 5.32. The Morgan fingerprint density at radius 2 is 1.57 bits per heavy atom. The molecule has 3 rings (SSSR count). The molecule has 0 radical (unpaired) electrons. The smallest absolute Gasteiger partial charge is 0.132 e. The molecule has 0 atom stereocenters. The van der Waals surface area contributed by atoms with Crippen LogP contribution in [0, 0.1) is 22.7 Å². The molecule has 1 N–H and O–H groups in total. The third kappa shape index (κ3) is 2.39. The number of hydrogen-bond donors (Lipinski definition) is 1. The molecule has 4 heteroatoms. The Morgan fingerprint density at radius 1 is 0.857 bits per heavy atom. The van der Waals surface area contributed by atoms with Crippen LogP contribution in [0.4, 0.5) is 11.5 Å². The fourth-order valence-electron chi connectivity index (χ4n) is 2.16. The van der Waals surface area contributed by atoms with Gasteiger partial charge in [-0.15, -0.1) is 0 Å². The van der Waals surface area contributed by atoms with Crippen LogP contribution in [0.2, 0.25) is 0 Å². The first-order valence-electron chi connectivity index (χ1n) is 6.38. The van der Waals surface area contributed by atoms with E-state index < -0.39 is 0 Å². The summed E-state index contributed by atoms with van der Waals surface area (Å²) in [4.78, 5) is 4.48. The van der Waals surface area contributed by atoms with Gasteiger partial charge in [-0.25, -0.2) is 4.98 Å². The second-order valence-corrected chi connectivity index (χ2v) is 4.47. The number of rotatable bonds is 2. The quantitative estimate of drug-likeness (QED) is 0.770. The minimum Gasteiger partial charge on any atom is -0.339 e. The molecule has 21 heavy (non-hydrogen) atoms. The highest BCUT2D eigenvalue weighted by molar-refractivity contribution is 5.87. The number of para-hydroxylation sites is 2. The Hall–Kier alpha value is -3.37. The van der Waals surface area contributed by atoms with Crippen LogP contribution in [0.1, 0.15) is 11.1 Å². The van der Waals surface area contributed by atoms with E-state index in [9.17, 15) is 5.26 Å². The third-order valence-electron chi connectivity index (χ3n) is 3.15. The van der Waals surface area contributed by atoms with Gasteiger partial charge in [0, 0.05) is 5.39 Å². The molecule has 3 aromatic rings. The number of pyridine rings is 1. The molecule has 0 fully saturated rings. The molecule has 0 saturated carbocycles. The molecule has 4 nitrogen and oxygen atoms in total. The lowest BCUT2D eigenvalue weighted by Crippen LogP contribution is -1.97. The van der Waals surface area contributed by atoms with E-state index in [4.69, 9.17) is 5.26 Å². The van der Waals surface area contributed by atoms with Crippen molar-refractivity contribution in [2.45, 2.75) is 0 Å². The number of hydrogen-bond acceptors (Lipinski definition) is 4. The topological polar surface area (TPSA) is 72.5 Å². The number of benzene rings is 2. The Kier molecular flexibility index (Phi) is 3.21. The lowest BCUT2D eigenvalue weighted by molar-refractivity contribution is 1.35. The van der Waals surface area contributed by atoms with Crippen molar-refractivity contribution in [2.24, 2.45) is 0 Å². The zero-order valence-corrected chi connectivity index (χ0v) is 11.0. The van der Waals surface area contributed by atoms with Gasteiger partial charge in [0.25, 0.3) is 0 Å². The summed E-state index contributed by atoms with van der Waals surface area (Å²) in [6, 6.07) is 20.7. The minimum atomic E-state index is 0.533. The van der Waals surface area contributed by atoms with Gasteiger partial charge in [-0.1, -0.05) is 30.3 Å². The van der Waals surface area contributed by atoms with E-state index in [1.165, 1.54) is 0 Å². The molecule has 0 spiro atoms. The zero-order valence-electron chi connectivity index (χ0n) is 11.0. The van der Waals surface area contributed by atoms with Crippen molar-refractivity contribution in [3.8, 4) is 12.1 Å². The summed E-state index contributed by atoms with van der Waals surface area (Å²) >= 11 is 0. The molecule has 0 bridgehead atoms. The van der Waals surface area contributed by atoms with Crippen molar-refractivity contribution >= 4 is 22.4 Å². The fraction of sp³-hybridized carbons (Fsp3) is 0. The maximum Gasteiger partial charge on any atom is 0.132 e. The van der Waals surface area contributed by atoms with E-state index in [2.05, 4.69) is 22.4 Å². The lowest BCUT2D eigenvalue weighted by Gasteiger charge is -2.09. The highest BCUT2D eigenvalue weighted by Gasteiger charge is 2.07. The van der Waals surface area contributed by atoms with Crippen molar-refractivity contribution < 1.29 is 0 Å². The molecule has 1 heterocycles. The number of nitriles is 2. The molecule has 0 aliphatic carbocycles. The summed E-state index contributed by atoms with van der Waals surface area (Å²) in [5, 5.41) is 22.3. The first-order valence-corrected chi connectivity index (χ1v) is 6.38. The van der Waals surface area contributed by atoms with Crippen molar-refractivity contribution in [1.82, 2.24) is 4.98 Å². The Balaban J connectivity index is 2.10. The normalized spacial score (nSPS) is 9.81. The molecular formula is C17H10N4. The first-order chi connectivity index (χ1) is 10.3. The van der Waals surface area contributed by atoms with E-state index in [1.807, 2.05) is 36.4 Å². The predicted octanol–water partition coefficient (Wildman–Crippen LogP) is 3.72. The van der Waals surface area contributed by atoms with Gasteiger partial charge in [0.05, 0.1) is 28.4 Å². The highest BCUT2D eigenvalue weighted by atomic mass is 15.0. The van der Waals surface area contributed by atoms with Gasteiger partial charge < -0.3 is 5.32 Å². The van der Waals surface area contributed by atoms with Gasteiger partial charge in [-0.05, 0) is 24.3 Å². The van der Waals surface area contributed by atoms with Crippen LogP contribution in [0.15, 0.2) is 54.6 Å². The van der Waals surface area contributed by atoms with E-state index in [1.54, 1.807) is 18.2 Å². The number of fused-ring (bicyclic) bond motifs is 1. The van der Waals surface area contributed by atoms with Gasteiger partial charge in [0.2, 0.25) is 0 Å². The summed E-state index contributed by atoms with van der Waals surface area (Å²) in [6.45, 7) is 0. The SMILES string of the molecule is N#Cc1ccccc1Nc1cc(C#N)c2ccccc2n1. The van der Waals surface area contributed by atoms with Crippen LogP contribution < -0.4 is 5.32 Å². The first kappa shape index (κ1) is 12.7. The van der Waals surface area contributed by atoms with Crippen LogP contribution in [0.5, 0.6) is 0 Å². The fourth-order valence-corrected chi connectivity index (χ4v) is 2.16. The van der Waals surface area contributed by atoms with E-state index in [-0.39, 0.29) is 0 Å². The van der Waals surface area contributed by atoms with Crippen LogP contribution in [-0.4, -0.2) is 4.98 Å². The molecule has 0 saturated heterocycles. The highest BCUT2D eigenvalue weighted by Crippen LogP contribution is 2.24. The van der Waals surface area contributed by atoms with Gasteiger partial charge >= 0.3 is 0 Å². The average Bonchev–Trinajstić information content (AvgIpc) is 2.54. The number of nitrogens with zero attached hydrogens (tertiary/aromatic N) is 3. The summed E-state index contributed by atoms with van der Waals surface area (Å²) in [6.07, 6.45) is 0. The maximum atomic E-state index is 9.27. The number of anilines is 2. The standard InChI is InChI=1S/C17H10N4/c18-10-12-5-1-3-7-15(12)20-17-9-13(11-19)14-6-2-4-8-16(14)21-17/h1-9H,(H,20,21). The minimum absolute atomic E-state index is 0.533. The molecule has 2 aromatic carbocycles. The third-order valence-corrected chi connectivity index (χ3v) is 3.15.